The third-order valence-electron chi connectivity index (χ3n) is 5.29. The van der Waals surface area contributed by atoms with Gasteiger partial charge < -0.3 is 23.7 Å². The summed E-state index contributed by atoms with van der Waals surface area (Å²) in [4.78, 5) is 12.2. The molecule has 0 bridgehead atoms. The highest BCUT2D eigenvalue weighted by molar-refractivity contribution is 7.84. The van der Waals surface area contributed by atoms with Crippen molar-refractivity contribution in [3.8, 4) is 5.75 Å². The Morgan fingerprint density at radius 2 is 1.93 bits per heavy atom. The first kappa shape index (κ1) is 20.5. The maximum absolute atomic E-state index is 12.2. The first-order valence-electron chi connectivity index (χ1n) is 9.26. The molecule has 2 N–H and O–H groups in total. The van der Waals surface area contributed by atoms with Crippen molar-refractivity contribution in [3.05, 3.63) is 29.8 Å². The van der Waals surface area contributed by atoms with Crippen molar-refractivity contribution in [3.63, 3.8) is 0 Å². The van der Waals surface area contributed by atoms with Gasteiger partial charge in [0.05, 0.1) is 32.3 Å². The minimum Gasteiger partial charge on any atom is -0.497 e. The minimum absolute atomic E-state index is 0.143. The molecule has 10 nitrogen and oxygen atoms in total. The molecule has 29 heavy (non-hydrogen) atoms. The molecule has 2 aliphatic heterocycles. The largest absolute Gasteiger partial charge is 0.497 e. The third-order valence-corrected chi connectivity index (χ3v) is 5.78. The quantitative estimate of drug-likeness (QED) is 0.633. The second-order valence-electron chi connectivity index (χ2n) is 7.09. The Morgan fingerprint density at radius 3 is 2.55 bits per heavy atom. The van der Waals surface area contributed by atoms with Gasteiger partial charge in [0, 0.05) is 11.5 Å². The Labute approximate surface area is 168 Å². The molecule has 3 aliphatic rings. The number of fused-ring (bicyclic) bond motifs is 2. The molecule has 4 rings (SSSR count). The van der Waals surface area contributed by atoms with E-state index in [0.29, 0.717) is 5.75 Å². The van der Waals surface area contributed by atoms with Gasteiger partial charge in [-0.3, -0.25) is 8.98 Å². The van der Waals surface area contributed by atoms with Crippen LogP contribution in [0.4, 0.5) is 0 Å². The number of ether oxygens (including phenoxy) is 5. The number of carbonyl (C=O) groups excluding carboxylic acids is 1. The number of methoxy groups -OCH3 is 1. The smallest absolute Gasteiger partial charge is 0.333 e. The van der Waals surface area contributed by atoms with E-state index in [1.165, 1.54) is 0 Å². The predicted molar refractivity (Wildman–Crippen MR) is 96.8 cm³/mol. The van der Waals surface area contributed by atoms with Gasteiger partial charge in [0.2, 0.25) is 0 Å². The molecule has 1 aromatic rings. The Kier molecular flexibility index (Phi) is 5.53. The molecule has 1 aliphatic carbocycles. The molecule has 160 valence electrons. The maximum atomic E-state index is 12.2. The molecule has 0 spiro atoms. The number of carbonyl (C=O) groups is 1. The highest BCUT2D eigenvalue weighted by Crippen LogP contribution is 2.53. The van der Waals surface area contributed by atoms with E-state index in [4.69, 9.17) is 33.0 Å². The summed E-state index contributed by atoms with van der Waals surface area (Å²) in [5.74, 6) is -0.938. The van der Waals surface area contributed by atoms with E-state index in [1.807, 2.05) is 0 Å². The van der Waals surface area contributed by atoms with Gasteiger partial charge >= 0.3 is 16.3 Å². The summed E-state index contributed by atoms with van der Waals surface area (Å²) in [6.07, 6.45) is -3.64. The zero-order chi connectivity index (χ0) is 20.8. The van der Waals surface area contributed by atoms with Crippen LogP contribution >= 0.6 is 0 Å². The van der Waals surface area contributed by atoms with Gasteiger partial charge in [-0.25, -0.2) is 5.14 Å². The van der Waals surface area contributed by atoms with Crippen LogP contribution in [0.15, 0.2) is 24.3 Å². The summed E-state index contributed by atoms with van der Waals surface area (Å²) in [5, 5.41) is 5.12. The van der Waals surface area contributed by atoms with Gasteiger partial charge in [-0.2, -0.15) is 8.42 Å². The van der Waals surface area contributed by atoms with E-state index in [-0.39, 0.29) is 13.2 Å². The number of nitrogens with two attached hydrogens (primary N) is 1. The van der Waals surface area contributed by atoms with Crippen LogP contribution in [-0.2, 0) is 38.2 Å². The molecular formula is C18H23NO9S. The molecule has 11 heteroatoms. The lowest BCUT2D eigenvalue weighted by Gasteiger charge is -2.42. The Bertz CT molecular complexity index is 859. The molecule has 7 atom stereocenters. The fourth-order valence-corrected chi connectivity index (χ4v) is 4.53. The van der Waals surface area contributed by atoms with E-state index in [1.54, 1.807) is 38.3 Å². The maximum Gasteiger partial charge on any atom is 0.333 e. The standard InChI is InChI=1S/C18H23NO9S/c1-3-24-17(20)13-12-15(13)26-11-8-25-18(9-4-6-10(23-2)7-5-9)27-14(11)16(12)28-29(19,21)22/h4-7,11-16,18H,3,8H2,1-2H3,(H2,19,21,22)/t11-,12+,13?,14-,15+,16-,18-/m1/s1. The van der Waals surface area contributed by atoms with Crippen molar-refractivity contribution in [1.29, 1.82) is 0 Å². The van der Waals surface area contributed by atoms with Crippen molar-refractivity contribution < 1.29 is 41.1 Å². The van der Waals surface area contributed by atoms with Crippen molar-refractivity contribution >= 4 is 16.3 Å². The normalized spacial score (nSPS) is 35.9. The number of esters is 1. The van der Waals surface area contributed by atoms with Crippen molar-refractivity contribution in [2.24, 2.45) is 17.0 Å². The Morgan fingerprint density at radius 1 is 1.21 bits per heavy atom. The van der Waals surface area contributed by atoms with Crippen LogP contribution in [0.1, 0.15) is 18.8 Å². The molecule has 1 aromatic carbocycles. The molecular weight excluding hydrogens is 406 g/mol. The summed E-state index contributed by atoms with van der Waals surface area (Å²) in [7, 11) is -2.71. The number of hydrogen-bond donors (Lipinski definition) is 1. The first-order valence-corrected chi connectivity index (χ1v) is 10.7. The van der Waals surface area contributed by atoms with Crippen LogP contribution in [-0.4, -0.2) is 59.1 Å². The Balaban J connectivity index is 1.56. The summed E-state index contributed by atoms with van der Waals surface area (Å²) in [5.41, 5.74) is 0.721. The van der Waals surface area contributed by atoms with E-state index in [9.17, 15) is 13.2 Å². The second-order valence-corrected chi connectivity index (χ2v) is 8.27. The average Bonchev–Trinajstić information content (AvgIpc) is 3.41. The minimum atomic E-state index is -4.28. The van der Waals surface area contributed by atoms with Gasteiger partial charge in [-0.1, -0.05) is 12.1 Å². The lowest BCUT2D eigenvalue weighted by atomic mass is 9.99. The summed E-state index contributed by atoms with van der Waals surface area (Å²) in [6, 6.07) is 7.09. The van der Waals surface area contributed by atoms with Crippen molar-refractivity contribution in [2.75, 3.05) is 20.3 Å². The van der Waals surface area contributed by atoms with Crippen LogP contribution in [0.2, 0.25) is 0 Å². The molecule has 3 fully saturated rings. The number of hydrogen-bond acceptors (Lipinski definition) is 9. The van der Waals surface area contributed by atoms with Crippen LogP contribution in [0.25, 0.3) is 0 Å². The molecule has 1 saturated carbocycles. The fraction of sp³-hybridized carbons (Fsp3) is 0.611. The molecule has 2 saturated heterocycles. The first-order chi connectivity index (χ1) is 13.8. The monoisotopic (exact) mass is 429 g/mol. The zero-order valence-electron chi connectivity index (χ0n) is 15.9. The number of rotatable bonds is 6. The predicted octanol–water partition coefficient (Wildman–Crippen LogP) is 0.274. The molecule has 0 amide bonds. The fourth-order valence-electron chi connectivity index (χ4n) is 3.98. The average molecular weight is 429 g/mol. The number of benzene rings is 1. The van der Waals surface area contributed by atoms with Crippen LogP contribution < -0.4 is 9.88 Å². The van der Waals surface area contributed by atoms with E-state index in [2.05, 4.69) is 0 Å². The molecule has 1 unspecified atom stereocenters. The summed E-state index contributed by atoms with van der Waals surface area (Å²) >= 11 is 0. The van der Waals surface area contributed by atoms with E-state index < -0.39 is 58.8 Å². The van der Waals surface area contributed by atoms with Crippen LogP contribution in [0.5, 0.6) is 5.75 Å². The summed E-state index contributed by atoms with van der Waals surface area (Å²) in [6.45, 7) is 2.05. The molecule has 2 heterocycles. The lowest BCUT2D eigenvalue weighted by Crippen LogP contribution is -2.54. The van der Waals surface area contributed by atoms with Gasteiger partial charge in [0.25, 0.3) is 0 Å². The lowest BCUT2D eigenvalue weighted by molar-refractivity contribution is -0.297. The highest BCUT2D eigenvalue weighted by atomic mass is 32.2. The van der Waals surface area contributed by atoms with Crippen LogP contribution in [0.3, 0.4) is 0 Å². The van der Waals surface area contributed by atoms with Gasteiger partial charge in [0.1, 0.15) is 24.1 Å². The van der Waals surface area contributed by atoms with Crippen molar-refractivity contribution in [2.45, 2.75) is 37.6 Å². The van der Waals surface area contributed by atoms with Gasteiger partial charge in [-0.05, 0) is 19.1 Å². The van der Waals surface area contributed by atoms with E-state index in [0.717, 1.165) is 5.56 Å². The van der Waals surface area contributed by atoms with E-state index >= 15 is 0 Å². The molecule has 0 aromatic heterocycles. The SMILES string of the molecule is CCOC(=O)C1[C@@H]2[C@@H](OS(N)(=O)=O)[C@@H]3O[C@H](c4ccc(OC)cc4)OC[C@H]3O[C@H]12. The molecule has 0 radical (unpaired) electrons. The van der Waals surface area contributed by atoms with Gasteiger partial charge in [-0.15, -0.1) is 0 Å². The zero-order valence-corrected chi connectivity index (χ0v) is 16.7. The van der Waals surface area contributed by atoms with Gasteiger partial charge in [0.15, 0.2) is 6.29 Å². The van der Waals surface area contributed by atoms with Crippen molar-refractivity contribution in [1.82, 2.24) is 0 Å². The summed E-state index contributed by atoms with van der Waals surface area (Å²) < 4.78 is 56.4. The second kappa shape index (κ2) is 7.82. The van der Waals surface area contributed by atoms with Crippen LogP contribution in [0, 0.1) is 11.8 Å². The third kappa shape index (κ3) is 4.11. The Hall–Kier alpha value is -1.76. The topological polar surface area (TPSA) is 133 Å². The highest BCUT2D eigenvalue weighted by Gasteiger charge is 2.68.